The monoisotopic (exact) mass is 444 g/mol. The van der Waals surface area contributed by atoms with Crippen molar-refractivity contribution in [3.63, 3.8) is 0 Å². The van der Waals surface area contributed by atoms with Gasteiger partial charge in [0, 0.05) is 26.2 Å². The first-order valence-electron chi connectivity index (χ1n) is 9.84. The minimum atomic E-state index is -3.37. The summed E-state index contributed by atoms with van der Waals surface area (Å²) >= 11 is 1.45. The molecule has 4 rings (SSSR count). The van der Waals surface area contributed by atoms with Gasteiger partial charge in [-0.3, -0.25) is 9.69 Å². The van der Waals surface area contributed by atoms with Crippen molar-refractivity contribution in [2.45, 2.75) is 18.7 Å². The van der Waals surface area contributed by atoms with E-state index in [1.54, 1.807) is 0 Å². The van der Waals surface area contributed by atoms with Crippen LogP contribution < -0.4 is 5.32 Å². The molecule has 1 unspecified atom stereocenters. The summed E-state index contributed by atoms with van der Waals surface area (Å²) < 4.78 is 28.0. The molecular weight excluding hydrogens is 420 g/mol. The van der Waals surface area contributed by atoms with E-state index in [1.165, 1.54) is 15.6 Å². The molecule has 3 aromatic rings. The van der Waals surface area contributed by atoms with Crippen molar-refractivity contribution in [2.24, 2.45) is 0 Å². The van der Waals surface area contributed by atoms with Crippen LogP contribution >= 0.6 is 11.3 Å². The molecule has 0 bridgehead atoms. The average molecular weight is 445 g/mol. The number of piperazine rings is 1. The smallest absolute Gasteiger partial charge is 0.243 e. The van der Waals surface area contributed by atoms with Crippen molar-refractivity contribution in [2.75, 3.05) is 31.5 Å². The van der Waals surface area contributed by atoms with E-state index < -0.39 is 10.0 Å². The standard InChI is InChI=1S/C21H24N4O3S2/c1-16(20(26)23-21-22-18-9-5-6-10-19(18)29-21)24-11-13-25(14-12-24)30(27,28)15-17-7-3-2-4-8-17/h2-10,16H,11-15H2,1H3,(H,22,23,26). The van der Waals surface area contributed by atoms with Gasteiger partial charge in [-0.1, -0.05) is 53.8 Å². The summed E-state index contributed by atoms with van der Waals surface area (Å²) in [6.07, 6.45) is 0. The van der Waals surface area contributed by atoms with Gasteiger partial charge in [0.05, 0.1) is 22.0 Å². The van der Waals surface area contributed by atoms with E-state index >= 15 is 0 Å². The van der Waals surface area contributed by atoms with Gasteiger partial charge in [-0.15, -0.1) is 0 Å². The van der Waals surface area contributed by atoms with Gasteiger partial charge in [-0.2, -0.15) is 4.31 Å². The minimum Gasteiger partial charge on any atom is -0.301 e. The Bertz CT molecular complexity index is 1090. The van der Waals surface area contributed by atoms with Gasteiger partial charge in [-0.25, -0.2) is 13.4 Å². The number of sulfonamides is 1. The number of carbonyl (C=O) groups is 1. The van der Waals surface area contributed by atoms with Crippen molar-refractivity contribution < 1.29 is 13.2 Å². The topological polar surface area (TPSA) is 82.6 Å². The number of aromatic nitrogens is 1. The van der Waals surface area contributed by atoms with Gasteiger partial charge < -0.3 is 5.32 Å². The van der Waals surface area contributed by atoms with E-state index in [4.69, 9.17) is 0 Å². The van der Waals surface area contributed by atoms with Crippen LogP contribution in [0.25, 0.3) is 10.2 Å². The van der Waals surface area contributed by atoms with Gasteiger partial charge >= 0.3 is 0 Å². The summed E-state index contributed by atoms with van der Waals surface area (Å²) in [5.74, 6) is -0.128. The average Bonchev–Trinajstić information content (AvgIpc) is 3.16. The predicted octanol–water partition coefficient (Wildman–Crippen LogP) is 2.77. The predicted molar refractivity (Wildman–Crippen MR) is 120 cm³/mol. The molecule has 7 nitrogen and oxygen atoms in total. The number of rotatable bonds is 6. The molecule has 1 aromatic heterocycles. The van der Waals surface area contributed by atoms with Crippen LogP contribution in [-0.4, -0.2) is 60.7 Å². The highest BCUT2D eigenvalue weighted by molar-refractivity contribution is 7.88. The lowest BCUT2D eigenvalue weighted by atomic mass is 10.2. The first kappa shape index (κ1) is 20.9. The van der Waals surface area contributed by atoms with Gasteiger partial charge in [-0.05, 0) is 24.6 Å². The summed E-state index contributed by atoms with van der Waals surface area (Å²) in [5, 5.41) is 3.48. The van der Waals surface area contributed by atoms with Crippen LogP contribution in [-0.2, 0) is 20.6 Å². The highest BCUT2D eigenvalue weighted by Crippen LogP contribution is 2.25. The molecule has 0 aliphatic carbocycles. The Morgan fingerprint density at radius 1 is 1.07 bits per heavy atom. The molecule has 158 valence electrons. The molecule has 1 aliphatic heterocycles. The van der Waals surface area contributed by atoms with Crippen molar-refractivity contribution >= 4 is 42.6 Å². The quantitative estimate of drug-likeness (QED) is 0.632. The number of benzene rings is 2. The number of nitrogens with zero attached hydrogens (tertiary/aromatic N) is 3. The fourth-order valence-electron chi connectivity index (χ4n) is 3.55. The van der Waals surface area contributed by atoms with Crippen LogP contribution in [0.1, 0.15) is 12.5 Å². The number of para-hydroxylation sites is 1. The number of hydrogen-bond donors (Lipinski definition) is 1. The van der Waals surface area contributed by atoms with Crippen LogP contribution in [0.5, 0.6) is 0 Å². The molecule has 0 saturated carbocycles. The zero-order chi connectivity index (χ0) is 21.1. The number of thiazole rings is 1. The molecule has 1 aliphatic rings. The lowest BCUT2D eigenvalue weighted by molar-refractivity contribution is -0.121. The van der Waals surface area contributed by atoms with E-state index in [9.17, 15) is 13.2 Å². The Kier molecular flexibility index (Phi) is 6.14. The second-order valence-electron chi connectivity index (χ2n) is 7.33. The minimum absolute atomic E-state index is 0.00147. The molecular formula is C21H24N4O3S2. The van der Waals surface area contributed by atoms with Crippen molar-refractivity contribution in [3.05, 3.63) is 60.2 Å². The second kappa shape index (κ2) is 8.81. The maximum atomic E-state index is 12.7. The van der Waals surface area contributed by atoms with Crippen LogP contribution in [0.15, 0.2) is 54.6 Å². The number of nitrogens with one attached hydrogen (secondary N) is 1. The van der Waals surface area contributed by atoms with E-state index in [0.717, 1.165) is 15.8 Å². The van der Waals surface area contributed by atoms with Crippen LogP contribution in [0.4, 0.5) is 5.13 Å². The van der Waals surface area contributed by atoms with Crippen LogP contribution in [0.2, 0.25) is 0 Å². The maximum Gasteiger partial charge on any atom is 0.243 e. The van der Waals surface area contributed by atoms with Crippen LogP contribution in [0, 0.1) is 0 Å². The lowest BCUT2D eigenvalue weighted by Crippen LogP contribution is -2.54. The highest BCUT2D eigenvalue weighted by Gasteiger charge is 2.31. The molecule has 0 radical (unpaired) electrons. The molecule has 1 saturated heterocycles. The van der Waals surface area contributed by atoms with E-state index in [1.807, 2.05) is 66.4 Å². The lowest BCUT2D eigenvalue weighted by Gasteiger charge is -2.36. The summed E-state index contributed by atoms with van der Waals surface area (Å²) in [6, 6.07) is 16.6. The Labute approximate surface area is 180 Å². The molecule has 1 fully saturated rings. The highest BCUT2D eigenvalue weighted by atomic mass is 32.2. The second-order valence-corrected chi connectivity index (χ2v) is 10.3. The van der Waals surface area contributed by atoms with Gasteiger partial charge in [0.1, 0.15) is 0 Å². The van der Waals surface area contributed by atoms with Crippen molar-refractivity contribution in [3.8, 4) is 0 Å². The first-order valence-corrected chi connectivity index (χ1v) is 12.3. The van der Waals surface area contributed by atoms with E-state index in [0.29, 0.717) is 31.3 Å². The largest absolute Gasteiger partial charge is 0.301 e. The fourth-order valence-corrected chi connectivity index (χ4v) is 5.93. The maximum absolute atomic E-state index is 12.7. The number of amides is 1. The Morgan fingerprint density at radius 3 is 2.43 bits per heavy atom. The first-order chi connectivity index (χ1) is 14.4. The van der Waals surface area contributed by atoms with Crippen LogP contribution in [0.3, 0.4) is 0 Å². The van der Waals surface area contributed by atoms with Gasteiger partial charge in [0.2, 0.25) is 15.9 Å². The molecule has 1 N–H and O–H groups in total. The molecule has 2 heterocycles. The summed E-state index contributed by atoms with van der Waals surface area (Å²) in [6.45, 7) is 3.64. The number of anilines is 1. The third-order valence-electron chi connectivity index (χ3n) is 5.31. The third-order valence-corrected chi connectivity index (χ3v) is 8.11. The molecule has 30 heavy (non-hydrogen) atoms. The van der Waals surface area contributed by atoms with E-state index in [2.05, 4.69) is 10.3 Å². The summed E-state index contributed by atoms with van der Waals surface area (Å²) in [7, 11) is -3.37. The van der Waals surface area contributed by atoms with E-state index in [-0.39, 0.29) is 17.7 Å². The Morgan fingerprint density at radius 2 is 1.73 bits per heavy atom. The molecule has 1 atom stereocenters. The fraction of sp³-hybridized carbons (Fsp3) is 0.333. The number of hydrogen-bond acceptors (Lipinski definition) is 6. The summed E-state index contributed by atoms with van der Waals surface area (Å²) in [5.41, 5.74) is 1.64. The Hall–Kier alpha value is -2.33. The molecule has 9 heteroatoms. The normalized spacial score (nSPS) is 17.1. The SMILES string of the molecule is CC(C(=O)Nc1nc2ccccc2s1)N1CCN(S(=O)(=O)Cc2ccccc2)CC1. The third kappa shape index (κ3) is 4.70. The zero-order valence-electron chi connectivity index (χ0n) is 16.7. The molecule has 2 aromatic carbocycles. The van der Waals surface area contributed by atoms with Crippen molar-refractivity contribution in [1.82, 2.24) is 14.2 Å². The molecule has 1 amide bonds. The number of fused-ring (bicyclic) bond motifs is 1. The molecule has 0 spiro atoms. The van der Waals surface area contributed by atoms with Gasteiger partial charge in [0.15, 0.2) is 5.13 Å². The zero-order valence-corrected chi connectivity index (χ0v) is 18.3. The summed E-state index contributed by atoms with van der Waals surface area (Å²) in [4.78, 5) is 19.1. The van der Waals surface area contributed by atoms with Crippen molar-refractivity contribution in [1.29, 1.82) is 0 Å². The van der Waals surface area contributed by atoms with Gasteiger partial charge in [0.25, 0.3) is 0 Å². The Balaban J connectivity index is 1.33. The number of carbonyl (C=O) groups excluding carboxylic acids is 1.